The lowest BCUT2D eigenvalue weighted by Gasteiger charge is -2.29. The van der Waals surface area contributed by atoms with Gasteiger partial charge in [0.15, 0.2) is 11.5 Å². The van der Waals surface area contributed by atoms with Crippen LogP contribution in [0.2, 0.25) is 0 Å². The quantitative estimate of drug-likeness (QED) is 0.928. The van der Waals surface area contributed by atoms with Crippen LogP contribution in [0.4, 0.5) is 5.82 Å². The van der Waals surface area contributed by atoms with E-state index in [0.29, 0.717) is 11.6 Å². The van der Waals surface area contributed by atoms with Gasteiger partial charge in [-0.2, -0.15) is 0 Å². The van der Waals surface area contributed by atoms with Gasteiger partial charge in [-0.25, -0.2) is 0 Å². The summed E-state index contributed by atoms with van der Waals surface area (Å²) in [6, 6.07) is 3.99. The third-order valence-corrected chi connectivity index (χ3v) is 4.74. The van der Waals surface area contributed by atoms with Crippen LogP contribution in [0.5, 0.6) is 0 Å². The average Bonchev–Trinajstić information content (AvgIpc) is 3.04. The van der Waals surface area contributed by atoms with Crippen molar-refractivity contribution in [1.82, 2.24) is 15.5 Å². The number of nitrogens with one attached hydrogen (secondary N) is 1. The molecule has 114 valence electrons. The van der Waals surface area contributed by atoms with E-state index < -0.39 is 0 Å². The molecule has 2 atom stereocenters. The zero-order valence-electron chi connectivity index (χ0n) is 12.7. The number of hydrogen-bond acceptors (Lipinski definition) is 4. The predicted molar refractivity (Wildman–Crippen MR) is 82.4 cm³/mol. The predicted octanol–water partition coefficient (Wildman–Crippen LogP) is 2.39. The van der Waals surface area contributed by atoms with Crippen LogP contribution in [-0.4, -0.2) is 35.2 Å². The van der Waals surface area contributed by atoms with Crippen LogP contribution >= 0.6 is 0 Å². The molecular formula is C16H24N4O. The number of amides is 1. The Morgan fingerprint density at radius 1 is 1.14 bits per heavy atom. The van der Waals surface area contributed by atoms with Gasteiger partial charge < -0.3 is 10.2 Å². The lowest BCUT2D eigenvalue weighted by molar-refractivity contribution is 0.0904. The van der Waals surface area contributed by atoms with Gasteiger partial charge in [0, 0.05) is 19.1 Å². The molecule has 2 heterocycles. The van der Waals surface area contributed by atoms with Crippen molar-refractivity contribution in [2.45, 2.75) is 51.5 Å². The molecule has 0 unspecified atom stereocenters. The van der Waals surface area contributed by atoms with Crippen LogP contribution in [0.1, 0.15) is 55.9 Å². The first-order valence-electron chi connectivity index (χ1n) is 8.13. The molecular weight excluding hydrogens is 264 g/mol. The van der Waals surface area contributed by atoms with Crippen LogP contribution in [-0.2, 0) is 0 Å². The van der Waals surface area contributed by atoms with Gasteiger partial charge in [-0.1, -0.05) is 19.8 Å². The number of nitrogens with zero attached hydrogens (tertiary/aromatic N) is 3. The number of hydrogen-bond donors (Lipinski definition) is 1. The second-order valence-electron chi connectivity index (χ2n) is 6.31. The van der Waals surface area contributed by atoms with E-state index in [1.165, 1.54) is 32.1 Å². The third kappa shape index (κ3) is 3.34. The van der Waals surface area contributed by atoms with Gasteiger partial charge >= 0.3 is 0 Å². The zero-order chi connectivity index (χ0) is 14.7. The molecule has 3 rings (SSSR count). The van der Waals surface area contributed by atoms with E-state index in [9.17, 15) is 4.79 Å². The Morgan fingerprint density at radius 3 is 2.57 bits per heavy atom. The maximum atomic E-state index is 12.3. The van der Waals surface area contributed by atoms with Crippen molar-refractivity contribution in [3.05, 3.63) is 17.8 Å². The largest absolute Gasteiger partial charge is 0.355 e. The van der Waals surface area contributed by atoms with Crippen molar-refractivity contribution in [3.8, 4) is 0 Å². The van der Waals surface area contributed by atoms with E-state index in [4.69, 9.17) is 0 Å². The highest BCUT2D eigenvalue weighted by molar-refractivity contribution is 5.92. The lowest BCUT2D eigenvalue weighted by atomic mass is 9.86. The van der Waals surface area contributed by atoms with Crippen molar-refractivity contribution >= 4 is 11.7 Å². The van der Waals surface area contributed by atoms with Crippen molar-refractivity contribution < 1.29 is 4.79 Å². The number of carbonyl (C=O) groups is 1. The summed E-state index contributed by atoms with van der Waals surface area (Å²) in [5, 5.41) is 11.4. The Bertz CT molecular complexity index is 482. The smallest absolute Gasteiger partial charge is 0.272 e. The van der Waals surface area contributed by atoms with E-state index in [2.05, 4.69) is 27.3 Å². The van der Waals surface area contributed by atoms with Crippen molar-refractivity contribution in [3.63, 3.8) is 0 Å². The van der Waals surface area contributed by atoms with Crippen molar-refractivity contribution in [1.29, 1.82) is 0 Å². The average molecular weight is 288 g/mol. The van der Waals surface area contributed by atoms with Gasteiger partial charge in [0.1, 0.15) is 0 Å². The van der Waals surface area contributed by atoms with E-state index >= 15 is 0 Å². The van der Waals surface area contributed by atoms with Gasteiger partial charge in [0.25, 0.3) is 5.91 Å². The van der Waals surface area contributed by atoms with E-state index in [1.807, 2.05) is 6.07 Å². The van der Waals surface area contributed by atoms with Crippen molar-refractivity contribution in [2.75, 3.05) is 18.0 Å². The van der Waals surface area contributed by atoms with Crippen LogP contribution in [0, 0.1) is 5.92 Å². The van der Waals surface area contributed by atoms with Gasteiger partial charge in [-0.05, 0) is 43.7 Å². The highest BCUT2D eigenvalue weighted by atomic mass is 16.2. The molecule has 1 N–H and O–H groups in total. The SMILES string of the molecule is C[C@@H]1CCCC[C@@H]1NC(=O)c1ccc(N2CCCC2)nn1. The summed E-state index contributed by atoms with van der Waals surface area (Å²) in [6.07, 6.45) is 7.18. The van der Waals surface area contributed by atoms with E-state index in [0.717, 1.165) is 25.3 Å². The van der Waals surface area contributed by atoms with Crippen LogP contribution in [0.15, 0.2) is 12.1 Å². The third-order valence-electron chi connectivity index (χ3n) is 4.74. The van der Waals surface area contributed by atoms with Crippen LogP contribution in [0.25, 0.3) is 0 Å². The van der Waals surface area contributed by atoms with Gasteiger partial charge in [-0.15, -0.1) is 10.2 Å². The first-order chi connectivity index (χ1) is 10.2. The lowest BCUT2D eigenvalue weighted by Crippen LogP contribution is -2.41. The molecule has 2 fully saturated rings. The number of aromatic nitrogens is 2. The Morgan fingerprint density at radius 2 is 1.90 bits per heavy atom. The van der Waals surface area contributed by atoms with E-state index in [-0.39, 0.29) is 11.9 Å². The molecule has 1 saturated heterocycles. The number of carbonyl (C=O) groups excluding carboxylic acids is 1. The monoisotopic (exact) mass is 288 g/mol. The van der Waals surface area contributed by atoms with Gasteiger partial charge in [0.2, 0.25) is 0 Å². The Labute approximate surface area is 126 Å². The molecule has 21 heavy (non-hydrogen) atoms. The molecule has 1 aliphatic carbocycles. The minimum Gasteiger partial charge on any atom is -0.355 e. The minimum atomic E-state index is -0.0887. The normalized spacial score (nSPS) is 25.9. The Hall–Kier alpha value is -1.65. The first kappa shape index (κ1) is 14.3. The van der Waals surface area contributed by atoms with Gasteiger partial charge in [0.05, 0.1) is 0 Å². The second-order valence-corrected chi connectivity index (χ2v) is 6.31. The van der Waals surface area contributed by atoms with E-state index in [1.54, 1.807) is 6.07 Å². The fourth-order valence-corrected chi connectivity index (χ4v) is 3.33. The fourth-order valence-electron chi connectivity index (χ4n) is 3.33. The highest BCUT2D eigenvalue weighted by Crippen LogP contribution is 2.24. The zero-order valence-corrected chi connectivity index (χ0v) is 12.7. The number of rotatable bonds is 3. The fraction of sp³-hybridized carbons (Fsp3) is 0.688. The Balaban J connectivity index is 1.61. The molecule has 1 aromatic rings. The molecule has 5 heteroatoms. The summed E-state index contributed by atoms with van der Waals surface area (Å²) in [7, 11) is 0. The molecule has 1 aliphatic heterocycles. The summed E-state index contributed by atoms with van der Waals surface area (Å²) in [4.78, 5) is 14.5. The highest BCUT2D eigenvalue weighted by Gasteiger charge is 2.24. The molecule has 0 bridgehead atoms. The first-order valence-corrected chi connectivity index (χ1v) is 8.13. The molecule has 1 amide bonds. The molecule has 2 aliphatic rings. The molecule has 1 aromatic heterocycles. The van der Waals surface area contributed by atoms with Crippen molar-refractivity contribution in [2.24, 2.45) is 5.92 Å². The van der Waals surface area contributed by atoms with Gasteiger partial charge in [-0.3, -0.25) is 4.79 Å². The summed E-state index contributed by atoms with van der Waals surface area (Å²) in [5.74, 6) is 1.35. The standard InChI is InChI=1S/C16H24N4O/c1-12-6-2-3-7-13(12)17-16(21)14-8-9-15(19-18-14)20-10-4-5-11-20/h8-9,12-13H,2-7,10-11H2,1H3,(H,17,21)/t12-,13+/m1/s1. The Kier molecular flexibility index (Phi) is 4.36. The topological polar surface area (TPSA) is 58.1 Å². The summed E-state index contributed by atoms with van der Waals surface area (Å²) in [5.41, 5.74) is 0.427. The maximum absolute atomic E-state index is 12.3. The molecule has 0 radical (unpaired) electrons. The van der Waals surface area contributed by atoms with Crippen LogP contribution < -0.4 is 10.2 Å². The molecule has 0 spiro atoms. The maximum Gasteiger partial charge on any atom is 0.272 e. The molecule has 5 nitrogen and oxygen atoms in total. The summed E-state index contributed by atoms with van der Waals surface area (Å²) >= 11 is 0. The minimum absolute atomic E-state index is 0.0887. The summed E-state index contributed by atoms with van der Waals surface area (Å²) in [6.45, 7) is 4.30. The molecule has 0 aromatic carbocycles. The van der Waals surface area contributed by atoms with Crippen LogP contribution in [0.3, 0.4) is 0 Å². The summed E-state index contributed by atoms with van der Waals surface area (Å²) < 4.78 is 0. The number of anilines is 1. The second kappa shape index (κ2) is 6.41. The molecule has 1 saturated carbocycles.